The summed E-state index contributed by atoms with van der Waals surface area (Å²) in [5.41, 5.74) is 2.23. The van der Waals surface area contributed by atoms with Crippen molar-refractivity contribution in [1.29, 1.82) is 0 Å². The van der Waals surface area contributed by atoms with Crippen molar-refractivity contribution in [1.82, 2.24) is 14.9 Å². The Balaban J connectivity index is 1.70. The van der Waals surface area contributed by atoms with Crippen LogP contribution < -0.4 is 9.80 Å². The van der Waals surface area contributed by atoms with E-state index in [2.05, 4.69) is 9.97 Å². The lowest BCUT2D eigenvalue weighted by atomic mass is 10.1. The van der Waals surface area contributed by atoms with E-state index in [9.17, 15) is 9.59 Å². The van der Waals surface area contributed by atoms with Gasteiger partial charge in [-0.1, -0.05) is 23.9 Å². The third-order valence-electron chi connectivity index (χ3n) is 5.38. The molecule has 172 valence electrons. The highest BCUT2D eigenvalue weighted by molar-refractivity contribution is 7.98. The van der Waals surface area contributed by atoms with Crippen molar-refractivity contribution in [2.75, 3.05) is 49.8 Å². The molecular weight excluding hydrogens is 430 g/mol. The van der Waals surface area contributed by atoms with E-state index in [4.69, 9.17) is 9.84 Å². The second-order valence-corrected chi connectivity index (χ2v) is 8.53. The molecule has 9 nitrogen and oxygen atoms in total. The zero-order valence-electron chi connectivity index (χ0n) is 18.8. The third-order valence-corrected chi connectivity index (χ3v) is 5.94. The molecule has 1 aromatic carbocycles. The lowest BCUT2D eigenvalue weighted by Gasteiger charge is -2.22. The van der Waals surface area contributed by atoms with E-state index in [1.807, 2.05) is 49.4 Å². The number of carboxylic acid groups (broad SMARTS) is 1. The van der Waals surface area contributed by atoms with Crippen molar-refractivity contribution in [2.45, 2.75) is 31.2 Å². The zero-order chi connectivity index (χ0) is 23.3. The number of ether oxygens (including phenoxy) is 1. The van der Waals surface area contributed by atoms with Crippen LogP contribution in [0.1, 0.15) is 29.3 Å². The van der Waals surface area contributed by atoms with E-state index in [1.54, 1.807) is 18.1 Å². The molecular formula is C22H29N5O4S. The van der Waals surface area contributed by atoms with Crippen LogP contribution in [0.25, 0.3) is 0 Å². The molecule has 10 heteroatoms. The molecule has 0 aliphatic carbocycles. The number of rotatable bonds is 8. The fourth-order valence-corrected chi connectivity index (χ4v) is 3.69. The predicted molar refractivity (Wildman–Crippen MR) is 125 cm³/mol. The lowest BCUT2D eigenvalue weighted by Crippen LogP contribution is -2.33. The van der Waals surface area contributed by atoms with Gasteiger partial charge in [-0.05, 0) is 37.3 Å². The Labute approximate surface area is 192 Å². The van der Waals surface area contributed by atoms with Crippen LogP contribution in [0.2, 0.25) is 0 Å². The van der Waals surface area contributed by atoms with Crippen LogP contribution in [0.5, 0.6) is 0 Å². The molecule has 2 heterocycles. The monoisotopic (exact) mass is 459 g/mol. The quantitative estimate of drug-likeness (QED) is 0.475. The number of anilines is 2. The average Bonchev–Trinajstić information content (AvgIpc) is 2.92. The van der Waals surface area contributed by atoms with Crippen molar-refractivity contribution in [3.05, 3.63) is 41.6 Å². The standard InChI is InChI=1S/C22H29N5O4S/c1-15(8-9-26(3)22(29)30)31-14-16-6-5-7-17(12-16)27-11-10-25(2)19-18(20(27)28)13-23-21(24-19)32-4/h5-7,12-13,15H,8-11,14H2,1-4H3,(H,29,30). The first-order valence-corrected chi connectivity index (χ1v) is 11.6. The molecule has 0 fully saturated rings. The highest BCUT2D eigenvalue weighted by atomic mass is 32.2. The van der Waals surface area contributed by atoms with Gasteiger partial charge in [0, 0.05) is 45.6 Å². The normalized spacial score (nSPS) is 14.7. The molecule has 1 aliphatic rings. The van der Waals surface area contributed by atoms with Crippen LogP contribution in [0, 0.1) is 0 Å². The molecule has 1 unspecified atom stereocenters. The van der Waals surface area contributed by atoms with E-state index in [0.29, 0.717) is 49.2 Å². The van der Waals surface area contributed by atoms with Gasteiger partial charge in [-0.15, -0.1) is 0 Å². The van der Waals surface area contributed by atoms with Crippen LogP contribution in [0.15, 0.2) is 35.6 Å². The van der Waals surface area contributed by atoms with Gasteiger partial charge in [0.15, 0.2) is 5.16 Å². The first-order chi connectivity index (χ1) is 15.3. The van der Waals surface area contributed by atoms with Gasteiger partial charge < -0.3 is 24.5 Å². The summed E-state index contributed by atoms with van der Waals surface area (Å²) in [7, 11) is 3.47. The fraction of sp³-hybridized carbons (Fsp3) is 0.455. The van der Waals surface area contributed by atoms with Crippen molar-refractivity contribution < 1.29 is 19.4 Å². The first-order valence-electron chi connectivity index (χ1n) is 10.4. The van der Waals surface area contributed by atoms with Crippen LogP contribution >= 0.6 is 11.8 Å². The molecule has 0 radical (unpaired) electrons. The number of likely N-dealkylation sites (N-methyl/N-ethyl adjacent to an activating group) is 1. The fourth-order valence-electron chi connectivity index (χ4n) is 3.35. The lowest BCUT2D eigenvalue weighted by molar-refractivity contribution is 0.0421. The molecule has 1 aromatic heterocycles. The van der Waals surface area contributed by atoms with Crippen LogP contribution in [0.4, 0.5) is 16.3 Å². The number of carbonyl (C=O) groups excluding carboxylic acids is 1. The highest BCUT2D eigenvalue weighted by Crippen LogP contribution is 2.27. The molecule has 0 saturated carbocycles. The smallest absolute Gasteiger partial charge is 0.407 e. The molecule has 0 spiro atoms. The minimum Gasteiger partial charge on any atom is -0.465 e. The molecule has 2 aromatic rings. The average molecular weight is 460 g/mol. The molecule has 1 atom stereocenters. The predicted octanol–water partition coefficient (Wildman–Crippen LogP) is 3.20. The number of amides is 2. The minimum atomic E-state index is -0.950. The van der Waals surface area contributed by atoms with E-state index < -0.39 is 6.09 Å². The van der Waals surface area contributed by atoms with E-state index in [0.717, 1.165) is 11.3 Å². The summed E-state index contributed by atoms with van der Waals surface area (Å²) in [6.07, 6.45) is 3.08. The topological polar surface area (TPSA) is 99.1 Å². The van der Waals surface area contributed by atoms with Gasteiger partial charge in [0.25, 0.3) is 5.91 Å². The summed E-state index contributed by atoms with van der Waals surface area (Å²) in [6.45, 7) is 3.89. The van der Waals surface area contributed by atoms with Gasteiger partial charge in [-0.2, -0.15) is 0 Å². The number of thioether (sulfide) groups is 1. The van der Waals surface area contributed by atoms with Crippen molar-refractivity contribution in [3.8, 4) is 0 Å². The number of hydrogen-bond donors (Lipinski definition) is 1. The van der Waals surface area contributed by atoms with Crippen LogP contribution in [-0.2, 0) is 11.3 Å². The molecule has 3 rings (SSSR count). The summed E-state index contributed by atoms with van der Waals surface area (Å²) >= 11 is 1.45. The second kappa shape index (κ2) is 10.6. The number of fused-ring (bicyclic) bond motifs is 1. The van der Waals surface area contributed by atoms with Crippen molar-refractivity contribution >= 4 is 35.3 Å². The summed E-state index contributed by atoms with van der Waals surface area (Å²) < 4.78 is 5.90. The Morgan fingerprint density at radius 3 is 2.88 bits per heavy atom. The van der Waals surface area contributed by atoms with Crippen molar-refractivity contribution in [2.24, 2.45) is 0 Å². The first kappa shape index (κ1) is 23.8. The van der Waals surface area contributed by atoms with E-state index in [-0.39, 0.29) is 12.0 Å². The van der Waals surface area contributed by atoms with Gasteiger partial charge in [-0.3, -0.25) is 4.79 Å². The van der Waals surface area contributed by atoms with Gasteiger partial charge >= 0.3 is 6.09 Å². The zero-order valence-corrected chi connectivity index (χ0v) is 19.6. The Morgan fingerprint density at radius 1 is 1.38 bits per heavy atom. The largest absolute Gasteiger partial charge is 0.465 e. The molecule has 0 saturated heterocycles. The number of benzene rings is 1. The molecule has 1 N–H and O–H groups in total. The number of aromatic nitrogens is 2. The number of nitrogens with zero attached hydrogens (tertiary/aromatic N) is 5. The maximum Gasteiger partial charge on any atom is 0.407 e. The SMILES string of the molecule is CSc1ncc2c(n1)N(C)CCN(c1cccc(COC(C)CCN(C)C(=O)O)c1)C2=O. The Kier molecular flexibility index (Phi) is 7.92. The van der Waals surface area contributed by atoms with Gasteiger partial charge in [0.2, 0.25) is 0 Å². The molecule has 0 bridgehead atoms. The summed E-state index contributed by atoms with van der Waals surface area (Å²) in [5.74, 6) is 0.525. The second-order valence-electron chi connectivity index (χ2n) is 7.76. The maximum atomic E-state index is 13.3. The Morgan fingerprint density at radius 2 is 2.16 bits per heavy atom. The summed E-state index contributed by atoms with van der Waals surface area (Å²) in [4.78, 5) is 38.0. The minimum absolute atomic E-state index is 0.0939. The van der Waals surface area contributed by atoms with Gasteiger partial charge in [0.1, 0.15) is 11.4 Å². The Bertz CT molecular complexity index is 973. The van der Waals surface area contributed by atoms with Gasteiger partial charge in [0.05, 0.1) is 12.7 Å². The molecule has 1 aliphatic heterocycles. The molecule has 32 heavy (non-hydrogen) atoms. The Hall–Kier alpha value is -2.85. The summed E-state index contributed by atoms with van der Waals surface area (Å²) in [6, 6.07) is 7.73. The number of carbonyl (C=O) groups is 2. The maximum absolute atomic E-state index is 13.3. The third kappa shape index (κ3) is 5.68. The van der Waals surface area contributed by atoms with E-state index in [1.165, 1.54) is 16.7 Å². The van der Waals surface area contributed by atoms with Crippen molar-refractivity contribution in [3.63, 3.8) is 0 Å². The summed E-state index contributed by atoms with van der Waals surface area (Å²) in [5, 5.41) is 9.58. The highest BCUT2D eigenvalue weighted by Gasteiger charge is 2.28. The van der Waals surface area contributed by atoms with Gasteiger partial charge in [-0.25, -0.2) is 14.8 Å². The van der Waals surface area contributed by atoms with E-state index >= 15 is 0 Å². The number of hydrogen-bond acceptors (Lipinski definition) is 7. The van der Waals surface area contributed by atoms with Crippen LogP contribution in [0.3, 0.4) is 0 Å². The molecule has 2 amide bonds. The van der Waals surface area contributed by atoms with Crippen LogP contribution in [-0.4, -0.2) is 78.1 Å².